The van der Waals surface area contributed by atoms with Crippen molar-refractivity contribution in [3.05, 3.63) is 34.9 Å². The van der Waals surface area contributed by atoms with Crippen LogP contribution in [0.2, 0.25) is 0 Å². The van der Waals surface area contributed by atoms with Gasteiger partial charge in [-0.25, -0.2) is 0 Å². The first-order valence-electron chi connectivity index (χ1n) is 5.33. The maximum atomic E-state index is 10.9. The summed E-state index contributed by atoms with van der Waals surface area (Å²) in [6.07, 6.45) is 3.31. The lowest BCUT2D eigenvalue weighted by atomic mass is 9.86. The molecule has 16 heavy (non-hydrogen) atoms. The number of rotatable bonds is 2. The third kappa shape index (κ3) is 1.81. The number of hydrogen-bond acceptors (Lipinski definition) is 2. The van der Waals surface area contributed by atoms with E-state index in [2.05, 4.69) is 0 Å². The molecule has 0 aromatic heterocycles. The molecule has 1 aliphatic rings. The number of aromatic hydroxyl groups is 1. The Morgan fingerprint density at radius 1 is 1.38 bits per heavy atom. The molecule has 0 aliphatic heterocycles. The zero-order chi connectivity index (χ0) is 11.7. The highest BCUT2D eigenvalue weighted by atomic mass is 16.4. The molecule has 3 nitrogen and oxygen atoms in total. The van der Waals surface area contributed by atoms with Gasteiger partial charge in [-0.15, -0.1) is 0 Å². The number of carbonyl (C=O) groups is 1. The average molecular weight is 218 g/mol. The molecule has 2 N–H and O–H groups in total. The van der Waals surface area contributed by atoms with Crippen molar-refractivity contribution < 1.29 is 15.0 Å². The van der Waals surface area contributed by atoms with Crippen LogP contribution >= 0.6 is 0 Å². The van der Waals surface area contributed by atoms with E-state index in [1.54, 1.807) is 19.1 Å². The average Bonchev–Trinajstić information content (AvgIpc) is 2.28. The van der Waals surface area contributed by atoms with Gasteiger partial charge in [0.1, 0.15) is 5.75 Å². The minimum atomic E-state index is -0.796. The molecule has 0 saturated heterocycles. The van der Waals surface area contributed by atoms with Crippen molar-refractivity contribution in [3.63, 3.8) is 0 Å². The Morgan fingerprint density at radius 3 is 2.81 bits per heavy atom. The second-order valence-electron chi connectivity index (χ2n) is 4.12. The second kappa shape index (κ2) is 4.00. The SMILES string of the molecule is CC(C(=O)O)C1=Cc2cccc(O)c2CC1. The molecule has 0 bridgehead atoms. The molecule has 1 aromatic rings. The van der Waals surface area contributed by atoms with Crippen molar-refractivity contribution in [1.29, 1.82) is 0 Å². The molecule has 84 valence electrons. The van der Waals surface area contributed by atoms with Gasteiger partial charge in [0.25, 0.3) is 0 Å². The van der Waals surface area contributed by atoms with Gasteiger partial charge in [-0.1, -0.05) is 23.8 Å². The van der Waals surface area contributed by atoms with Gasteiger partial charge in [0.05, 0.1) is 5.92 Å². The first-order valence-corrected chi connectivity index (χ1v) is 5.33. The van der Waals surface area contributed by atoms with Crippen LogP contribution in [0.4, 0.5) is 0 Å². The molecule has 1 atom stereocenters. The standard InChI is InChI=1S/C13H14O3/c1-8(13(15)16)9-5-6-11-10(7-9)3-2-4-12(11)14/h2-4,7-8,14H,5-6H2,1H3,(H,15,16). The number of hydrogen-bond donors (Lipinski definition) is 2. The van der Waals surface area contributed by atoms with E-state index in [0.29, 0.717) is 18.6 Å². The Morgan fingerprint density at radius 2 is 2.12 bits per heavy atom. The van der Waals surface area contributed by atoms with Crippen molar-refractivity contribution in [2.75, 3.05) is 0 Å². The normalized spacial score (nSPS) is 16.2. The topological polar surface area (TPSA) is 57.5 Å². The summed E-state index contributed by atoms with van der Waals surface area (Å²) in [7, 11) is 0. The summed E-state index contributed by atoms with van der Waals surface area (Å²) in [5, 5.41) is 18.6. The third-order valence-electron chi connectivity index (χ3n) is 3.12. The van der Waals surface area contributed by atoms with Crippen molar-refractivity contribution in [1.82, 2.24) is 0 Å². The summed E-state index contributed by atoms with van der Waals surface area (Å²) in [5.41, 5.74) is 2.78. The van der Waals surface area contributed by atoms with E-state index >= 15 is 0 Å². The maximum Gasteiger partial charge on any atom is 0.310 e. The monoisotopic (exact) mass is 218 g/mol. The van der Waals surface area contributed by atoms with E-state index in [1.807, 2.05) is 12.1 Å². The van der Waals surface area contributed by atoms with Gasteiger partial charge in [0.2, 0.25) is 0 Å². The third-order valence-corrected chi connectivity index (χ3v) is 3.12. The molecule has 0 fully saturated rings. The van der Waals surface area contributed by atoms with Crippen LogP contribution < -0.4 is 0 Å². The number of benzene rings is 1. The molecule has 0 heterocycles. The smallest absolute Gasteiger partial charge is 0.310 e. The number of phenolic OH excluding ortho intramolecular Hbond substituents is 1. The number of carboxylic acids is 1. The van der Waals surface area contributed by atoms with Gasteiger partial charge >= 0.3 is 5.97 Å². The summed E-state index contributed by atoms with van der Waals surface area (Å²) in [5.74, 6) is -0.943. The van der Waals surface area contributed by atoms with Gasteiger partial charge in [-0.05, 0) is 31.4 Å². The van der Waals surface area contributed by atoms with Gasteiger partial charge in [-0.3, -0.25) is 4.79 Å². The lowest BCUT2D eigenvalue weighted by Crippen LogP contribution is -2.15. The predicted molar refractivity (Wildman–Crippen MR) is 61.2 cm³/mol. The maximum absolute atomic E-state index is 10.9. The molecule has 0 saturated carbocycles. The van der Waals surface area contributed by atoms with Crippen LogP contribution in [0.1, 0.15) is 24.5 Å². The van der Waals surface area contributed by atoms with E-state index < -0.39 is 11.9 Å². The highest BCUT2D eigenvalue weighted by molar-refractivity contribution is 5.77. The molecule has 0 radical (unpaired) electrons. The Bertz CT molecular complexity index is 460. The molecular weight excluding hydrogens is 204 g/mol. The van der Waals surface area contributed by atoms with Crippen molar-refractivity contribution >= 4 is 12.0 Å². The molecule has 0 spiro atoms. The second-order valence-corrected chi connectivity index (χ2v) is 4.12. The van der Waals surface area contributed by atoms with Gasteiger partial charge < -0.3 is 10.2 Å². The van der Waals surface area contributed by atoms with E-state index in [9.17, 15) is 9.90 Å². The van der Waals surface area contributed by atoms with Crippen molar-refractivity contribution in [2.45, 2.75) is 19.8 Å². The fourth-order valence-electron chi connectivity index (χ4n) is 2.04. The molecule has 3 heteroatoms. The first kappa shape index (κ1) is 10.7. The van der Waals surface area contributed by atoms with Gasteiger partial charge in [0.15, 0.2) is 0 Å². The summed E-state index contributed by atoms with van der Waals surface area (Å²) >= 11 is 0. The number of carboxylic acid groups (broad SMARTS) is 1. The Balaban J connectivity index is 2.39. The lowest BCUT2D eigenvalue weighted by molar-refractivity contribution is -0.139. The van der Waals surface area contributed by atoms with Crippen LogP contribution in [0, 0.1) is 5.92 Å². The highest BCUT2D eigenvalue weighted by Crippen LogP contribution is 2.32. The van der Waals surface area contributed by atoms with Crippen molar-refractivity contribution in [3.8, 4) is 5.75 Å². The molecule has 1 aromatic carbocycles. The van der Waals surface area contributed by atoms with Crippen LogP contribution in [0.5, 0.6) is 5.75 Å². The molecule has 1 aliphatic carbocycles. The molecule has 2 rings (SSSR count). The molecular formula is C13H14O3. The predicted octanol–water partition coefficient (Wildman–Crippen LogP) is 2.44. The summed E-state index contributed by atoms with van der Waals surface area (Å²) in [6.45, 7) is 1.70. The van der Waals surface area contributed by atoms with Crippen LogP contribution in [0.25, 0.3) is 6.08 Å². The van der Waals surface area contributed by atoms with Crippen LogP contribution in [-0.4, -0.2) is 16.2 Å². The lowest BCUT2D eigenvalue weighted by Gasteiger charge is -2.19. The minimum Gasteiger partial charge on any atom is -0.508 e. The highest BCUT2D eigenvalue weighted by Gasteiger charge is 2.21. The van der Waals surface area contributed by atoms with Gasteiger partial charge in [-0.2, -0.15) is 0 Å². The van der Waals surface area contributed by atoms with Gasteiger partial charge in [0, 0.05) is 5.56 Å². The summed E-state index contributed by atoms with van der Waals surface area (Å²) < 4.78 is 0. The quantitative estimate of drug-likeness (QED) is 0.801. The Hall–Kier alpha value is -1.77. The first-order chi connectivity index (χ1) is 7.59. The Kier molecular flexibility index (Phi) is 2.69. The fraction of sp³-hybridized carbons (Fsp3) is 0.308. The largest absolute Gasteiger partial charge is 0.508 e. The number of fused-ring (bicyclic) bond motifs is 1. The Labute approximate surface area is 94.0 Å². The van der Waals surface area contributed by atoms with E-state index in [0.717, 1.165) is 16.7 Å². The number of aliphatic carboxylic acids is 1. The van der Waals surface area contributed by atoms with E-state index in [-0.39, 0.29) is 0 Å². The molecule has 0 amide bonds. The van der Waals surface area contributed by atoms with E-state index in [4.69, 9.17) is 5.11 Å². The van der Waals surface area contributed by atoms with Crippen LogP contribution in [0.15, 0.2) is 23.8 Å². The van der Waals surface area contributed by atoms with Crippen molar-refractivity contribution in [2.24, 2.45) is 5.92 Å². The molecule has 1 unspecified atom stereocenters. The zero-order valence-electron chi connectivity index (χ0n) is 9.10. The fourth-order valence-corrected chi connectivity index (χ4v) is 2.04. The summed E-state index contributed by atoms with van der Waals surface area (Å²) in [6, 6.07) is 5.35. The van der Waals surface area contributed by atoms with E-state index in [1.165, 1.54) is 0 Å². The summed E-state index contributed by atoms with van der Waals surface area (Å²) in [4.78, 5) is 10.9. The van der Waals surface area contributed by atoms with Crippen LogP contribution in [0.3, 0.4) is 0 Å². The number of phenols is 1. The zero-order valence-corrected chi connectivity index (χ0v) is 9.10. The minimum absolute atomic E-state index is 0.302. The van der Waals surface area contributed by atoms with Crippen LogP contribution in [-0.2, 0) is 11.2 Å².